The molecule has 0 saturated heterocycles. The summed E-state index contributed by atoms with van der Waals surface area (Å²) in [5.41, 5.74) is -0.500. The molecule has 1 atom stereocenters. The second-order valence-corrected chi connectivity index (χ2v) is 6.09. The number of hydrogen-bond donors (Lipinski definition) is 1. The normalized spacial score (nSPS) is 25.9. The maximum absolute atomic E-state index is 11.6. The Kier molecular flexibility index (Phi) is 5.29. The zero-order valence-electron chi connectivity index (χ0n) is 13.4. The predicted octanol–water partition coefficient (Wildman–Crippen LogP) is 2.73. The number of esters is 1. The highest BCUT2D eigenvalue weighted by Gasteiger charge is 2.46. The van der Waals surface area contributed by atoms with Gasteiger partial charge in [-0.15, -0.1) is 0 Å². The van der Waals surface area contributed by atoms with Gasteiger partial charge in [-0.3, -0.25) is 4.79 Å². The number of carbonyl (C=O) groups is 2. The van der Waals surface area contributed by atoms with E-state index in [0.29, 0.717) is 17.8 Å². The lowest BCUT2D eigenvalue weighted by molar-refractivity contribution is -0.137. The molecule has 0 radical (unpaired) electrons. The number of aliphatic hydroxyl groups is 1. The fourth-order valence-electron chi connectivity index (χ4n) is 2.53. The first-order valence-electron chi connectivity index (χ1n) is 7.10. The molecular weight excluding hydrogens is 268 g/mol. The molecule has 0 unspecified atom stereocenters. The average Bonchev–Trinajstić information content (AvgIpc) is 2.33. The minimum atomic E-state index is -1.20. The highest BCUT2D eigenvalue weighted by molar-refractivity contribution is 5.92. The van der Waals surface area contributed by atoms with E-state index in [0.717, 1.165) is 0 Å². The van der Waals surface area contributed by atoms with Crippen LogP contribution in [-0.4, -0.2) is 29.1 Å². The smallest absolute Gasteiger partial charge is 0.330 e. The molecule has 1 aliphatic carbocycles. The lowest BCUT2D eigenvalue weighted by Crippen LogP contribution is -2.48. The van der Waals surface area contributed by atoms with Gasteiger partial charge in [-0.05, 0) is 44.1 Å². The molecule has 0 aromatic heterocycles. The number of ether oxygens (including phenoxy) is 1. The van der Waals surface area contributed by atoms with Crippen molar-refractivity contribution in [2.45, 2.75) is 46.6 Å². The van der Waals surface area contributed by atoms with Crippen molar-refractivity contribution in [3.05, 3.63) is 35.5 Å². The standard InChI is InChI=1S/C17H24O4/c1-6-21-15(19)9-12(2)7-8-17(20)13(3)10-14(18)11-16(17,4)5/h7-10,20H,6,11H2,1-5H3/b8-7+,12-9+/t17-/m1/s1. The van der Waals surface area contributed by atoms with Crippen LogP contribution in [0.4, 0.5) is 0 Å². The maximum Gasteiger partial charge on any atom is 0.330 e. The summed E-state index contributed by atoms with van der Waals surface area (Å²) in [6.07, 6.45) is 6.48. The average molecular weight is 292 g/mol. The number of carbonyl (C=O) groups excluding carboxylic acids is 2. The molecule has 0 saturated carbocycles. The van der Waals surface area contributed by atoms with Gasteiger partial charge in [0.25, 0.3) is 0 Å². The molecule has 4 heteroatoms. The molecular formula is C17H24O4. The molecule has 1 aliphatic rings. The van der Waals surface area contributed by atoms with Gasteiger partial charge in [0.2, 0.25) is 0 Å². The van der Waals surface area contributed by atoms with Crippen molar-refractivity contribution in [3.63, 3.8) is 0 Å². The van der Waals surface area contributed by atoms with Crippen LogP contribution in [0.2, 0.25) is 0 Å². The van der Waals surface area contributed by atoms with Crippen LogP contribution in [0, 0.1) is 5.41 Å². The number of rotatable bonds is 4. The molecule has 0 bridgehead atoms. The van der Waals surface area contributed by atoms with Crippen LogP contribution in [0.15, 0.2) is 35.5 Å². The minimum absolute atomic E-state index is 0.0226. The van der Waals surface area contributed by atoms with Crippen molar-refractivity contribution in [2.24, 2.45) is 5.41 Å². The third-order valence-electron chi connectivity index (χ3n) is 3.85. The van der Waals surface area contributed by atoms with Gasteiger partial charge in [0.15, 0.2) is 5.78 Å². The van der Waals surface area contributed by atoms with Gasteiger partial charge in [0, 0.05) is 17.9 Å². The Hall–Kier alpha value is -1.68. The van der Waals surface area contributed by atoms with E-state index < -0.39 is 17.0 Å². The third kappa shape index (κ3) is 3.91. The van der Waals surface area contributed by atoms with E-state index in [2.05, 4.69) is 0 Å². The Morgan fingerprint density at radius 2 is 2.10 bits per heavy atom. The molecule has 0 amide bonds. The van der Waals surface area contributed by atoms with Gasteiger partial charge >= 0.3 is 5.97 Å². The summed E-state index contributed by atoms with van der Waals surface area (Å²) in [7, 11) is 0. The van der Waals surface area contributed by atoms with E-state index in [4.69, 9.17) is 4.74 Å². The monoisotopic (exact) mass is 292 g/mol. The second kappa shape index (κ2) is 6.39. The van der Waals surface area contributed by atoms with Gasteiger partial charge in [0.1, 0.15) is 5.60 Å². The third-order valence-corrected chi connectivity index (χ3v) is 3.85. The Balaban J connectivity index is 3.03. The van der Waals surface area contributed by atoms with Crippen LogP contribution in [-0.2, 0) is 14.3 Å². The highest BCUT2D eigenvalue weighted by Crippen LogP contribution is 2.44. The predicted molar refractivity (Wildman–Crippen MR) is 81.6 cm³/mol. The van der Waals surface area contributed by atoms with E-state index in [1.807, 2.05) is 13.8 Å². The summed E-state index contributed by atoms with van der Waals surface area (Å²) in [6.45, 7) is 9.29. The van der Waals surface area contributed by atoms with E-state index in [1.54, 1.807) is 32.9 Å². The fraction of sp³-hybridized carbons (Fsp3) is 0.529. The zero-order valence-corrected chi connectivity index (χ0v) is 13.4. The first-order valence-corrected chi connectivity index (χ1v) is 7.10. The Morgan fingerprint density at radius 1 is 1.48 bits per heavy atom. The molecule has 0 spiro atoms. The topological polar surface area (TPSA) is 63.6 Å². The first-order chi connectivity index (χ1) is 9.62. The molecule has 1 N–H and O–H groups in total. The van der Waals surface area contributed by atoms with Gasteiger partial charge in [-0.25, -0.2) is 4.79 Å². The molecule has 0 heterocycles. The van der Waals surface area contributed by atoms with Crippen molar-refractivity contribution in [2.75, 3.05) is 6.61 Å². The molecule has 0 fully saturated rings. The van der Waals surface area contributed by atoms with Gasteiger partial charge in [-0.1, -0.05) is 19.9 Å². The molecule has 0 aromatic rings. The first kappa shape index (κ1) is 17.4. The maximum atomic E-state index is 11.6. The largest absolute Gasteiger partial charge is 0.463 e. The molecule has 1 rings (SSSR count). The molecule has 0 aliphatic heterocycles. The van der Waals surface area contributed by atoms with Crippen molar-refractivity contribution < 1.29 is 19.4 Å². The quantitative estimate of drug-likeness (QED) is 0.491. The van der Waals surface area contributed by atoms with Crippen molar-refractivity contribution in [1.82, 2.24) is 0 Å². The van der Waals surface area contributed by atoms with Gasteiger partial charge in [-0.2, -0.15) is 0 Å². The molecule has 116 valence electrons. The molecule has 21 heavy (non-hydrogen) atoms. The van der Waals surface area contributed by atoms with Crippen LogP contribution >= 0.6 is 0 Å². The summed E-state index contributed by atoms with van der Waals surface area (Å²) in [6, 6.07) is 0. The molecule has 4 nitrogen and oxygen atoms in total. The SMILES string of the molecule is CCOC(=O)/C=C(C)/C=C/[C@@]1(O)C(C)=CC(=O)CC1(C)C. The minimum Gasteiger partial charge on any atom is -0.463 e. The van der Waals surface area contributed by atoms with E-state index in [1.165, 1.54) is 12.2 Å². The number of ketones is 1. The summed E-state index contributed by atoms with van der Waals surface area (Å²) in [5, 5.41) is 10.9. The van der Waals surface area contributed by atoms with E-state index >= 15 is 0 Å². The summed E-state index contributed by atoms with van der Waals surface area (Å²) >= 11 is 0. The molecule has 0 aromatic carbocycles. The van der Waals surface area contributed by atoms with Crippen LogP contribution in [0.3, 0.4) is 0 Å². The van der Waals surface area contributed by atoms with Crippen LogP contribution in [0.1, 0.15) is 41.0 Å². The van der Waals surface area contributed by atoms with Crippen LogP contribution in [0.5, 0.6) is 0 Å². The Bertz CT molecular complexity index is 523. The van der Waals surface area contributed by atoms with Crippen molar-refractivity contribution in [1.29, 1.82) is 0 Å². The van der Waals surface area contributed by atoms with E-state index in [-0.39, 0.29) is 12.2 Å². The van der Waals surface area contributed by atoms with Gasteiger partial charge in [0.05, 0.1) is 6.61 Å². The van der Waals surface area contributed by atoms with Crippen molar-refractivity contribution in [3.8, 4) is 0 Å². The van der Waals surface area contributed by atoms with Crippen molar-refractivity contribution >= 4 is 11.8 Å². The van der Waals surface area contributed by atoms with Gasteiger partial charge < -0.3 is 9.84 Å². The van der Waals surface area contributed by atoms with Crippen LogP contribution < -0.4 is 0 Å². The number of hydrogen-bond acceptors (Lipinski definition) is 4. The lowest BCUT2D eigenvalue weighted by atomic mass is 9.64. The number of allylic oxidation sites excluding steroid dienone is 3. The highest BCUT2D eigenvalue weighted by atomic mass is 16.5. The fourth-order valence-corrected chi connectivity index (χ4v) is 2.53. The zero-order chi connectivity index (χ0) is 16.3. The lowest BCUT2D eigenvalue weighted by Gasteiger charge is -2.43. The summed E-state index contributed by atoms with van der Waals surface area (Å²) in [5.74, 6) is -0.383. The van der Waals surface area contributed by atoms with E-state index in [9.17, 15) is 14.7 Å². The Morgan fingerprint density at radius 3 is 2.62 bits per heavy atom. The second-order valence-electron chi connectivity index (χ2n) is 6.09. The summed E-state index contributed by atoms with van der Waals surface area (Å²) < 4.78 is 4.84. The van der Waals surface area contributed by atoms with Crippen LogP contribution in [0.25, 0.3) is 0 Å². The summed E-state index contributed by atoms with van der Waals surface area (Å²) in [4.78, 5) is 23.0. The Labute approximate surface area is 126 Å².